The van der Waals surface area contributed by atoms with Crippen molar-refractivity contribution in [1.82, 2.24) is 68.5 Å². The van der Waals surface area contributed by atoms with Crippen molar-refractivity contribution in [2.75, 3.05) is 19.6 Å². The first-order chi connectivity index (χ1) is 45.8. The number of H-pyrrole nitrogens is 2. The minimum Gasteiger partial charge on any atom is -0.481 e. The van der Waals surface area contributed by atoms with Crippen LogP contribution in [0.2, 0.25) is 0 Å². The topological polar surface area (TPSA) is 588 Å². The average Bonchev–Trinajstić information content (AvgIpc) is 1.83. The SMILES string of the molecule is C[C@H](NC(=O)[C@H](C)NC(=O)[C@H](C)NC(=O)[C@H](CC(N)=O)NC(=O)[C@H](Cc1c[nH]c2ccccc12)NC(=O)[C@@H](NC(=O)[C@@H](N)CCCCN)[C@@H](C)O)C(=O)NCC(=O)N[C@@H](CCCCN)C(=O)N[C@@H](Cc1c[nH]c2ccccc12)C(=O)N[C@H](C(=O)N[C@@H](CCC(=O)O)C(=O)O)[C@@H](C)O. The number of hydrogen-bond donors (Lipinski definition) is 21. The molecule has 4 rings (SSSR count). The van der Waals surface area contributed by atoms with Crippen LogP contribution in [0.1, 0.15) is 104 Å². The highest BCUT2D eigenvalue weighted by Gasteiger charge is 2.37. The van der Waals surface area contributed by atoms with Crippen LogP contribution in [-0.4, -0.2) is 212 Å². The van der Waals surface area contributed by atoms with Gasteiger partial charge in [0.2, 0.25) is 70.9 Å². The minimum atomic E-state index is -1.82. The van der Waals surface area contributed by atoms with Crippen molar-refractivity contribution < 1.29 is 87.5 Å². The highest BCUT2D eigenvalue weighted by molar-refractivity contribution is 6.00. The highest BCUT2D eigenvalue weighted by Crippen LogP contribution is 2.21. The summed E-state index contributed by atoms with van der Waals surface area (Å²) in [6.07, 6.45) is -0.518. The lowest BCUT2D eigenvalue weighted by Crippen LogP contribution is -2.61. The van der Waals surface area contributed by atoms with E-state index < -0.39 is 187 Å². The molecule has 0 fully saturated rings. The van der Waals surface area contributed by atoms with E-state index in [0.717, 1.165) is 6.92 Å². The Morgan fingerprint density at radius 2 is 0.866 bits per heavy atom. The first-order valence-corrected chi connectivity index (χ1v) is 31.5. The Labute approximate surface area is 557 Å². The number of carboxylic acid groups (broad SMARTS) is 2. The number of nitrogens with two attached hydrogens (primary N) is 4. The van der Waals surface area contributed by atoms with Crippen molar-refractivity contribution in [3.05, 3.63) is 72.1 Å². The van der Waals surface area contributed by atoms with Gasteiger partial charge in [-0.25, -0.2) is 4.79 Å². The van der Waals surface area contributed by atoms with Gasteiger partial charge in [0.05, 0.1) is 31.2 Å². The molecule has 13 atom stereocenters. The van der Waals surface area contributed by atoms with E-state index in [0.29, 0.717) is 58.7 Å². The van der Waals surface area contributed by atoms with Crippen LogP contribution in [0.3, 0.4) is 0 Å². The van der Waals surface area contributed by atoms with Crippen LogP contribution in [0.15, 0.2) is 60.9 Å². The van der Waals surface area contributed by atoms with Crippen LogP contribution in [0.5, 0.6) is 0 Å². The second kappa shape index (κ2) is 39.1. The van der Waals surface area contributed by atoms with E-state index in [1.165, 1.54) is 27.7 Å². The maximum Gasteiger partial charge on any atom is 0.326 e. The van der Waals surface area contributed by atoms with Crippen molar-refractivity contribution in [1.29, 1.82) is 0 Å². The van der Waals surface area contributed by atoms with Crippen LogP contribution in [-0.2, 0) is 80.0 Å². The zero-order valence-corrected chi connectivity index (χ0v) is 54.5. The van der Waals surface area contributed by atoms with Gasteiger partial charge in [0.25, 0.3) is 0 Å². The van der Waals surface area contributed by atoms with Gasteiger partial charge in [-0.1, -0.05) is 42.8 Å². The molecule has 97 heavy (non-hydrogen) atoms. The summed E-state index contributed by atoms with van der Waals surface area (Å²) in [7, 11) is 0. The summed E-state index contributed by atoms with van der Waals surface area (Å²) < 4.78 is 0. The third kappa shape index (κ3) is 25.5. The number of aromatic amines is 2. The zero-order valence-electron chi connectivity index (χ0n) is 54.5. The molecule has 0 bridgehead atoms. The Morgan fingerprint density at radius 3 is 1.34 bits per heavy atom. The maximum atomic E-state index is 14.2. The number of carbonyl (C=O) groups excluding carboxylic acids is 12. The van der Waals surface area contributed by atoms with Crippen molar-refractivity contribution in [3.63, 3.8) is 0 Å². The van der Waals surface area contributed by atoms with Gasteiger partial charge in [-0.3, -0.25) is 62.3 Å². The molecule has 0 aliphatic carbocycles. The average molecular weight is 1360 g/mol. The summed E-state index contributed by atoms with van der Waals surface area (Å²) in [6, 6.07) is -2.73. The predicted molar refractivity (Wildman–Crippen MR) is 349 cm³/mol. The lowest BCUT2D eigenvalue weighted by Gasteiger charge is -2.27. The molecule has 2 aromatic carbocycles. The molecule has 0 aliphatic rings. The summed E-state index contributed by atoms with van der Waals surface area (Å²) in [5.74, 6) is -14.7. The maximum absolute atomic E-state index is 14.2. The van der Waals surface area contributed by atoms with Gasteiger partial charge in [0, 0.05) is 53.5 Å². The molecular weight excluding hydrogens is 1270 g/mol. The number of fused-ring (bicyclic) bond motifs is 2. The molecule has 4 aromatic rings. The second-order valence-corrected chi connectivity index (χ2v) is 23.5. The molecule has 0 saturated heterocycles. The van der Waals surface area contributed by atoms with Crippen molar-refractivity contribution in [2.24, 2.45) is 22.9 Å². The Balaban J connectivity index is 1.40. The summed E-state index contributed by atoms with van der Waals surface area (Å²) >= 11 is 0. The third-order valence-electron chi connectivity index (χ3n) is 15.5. The molecule has 0 aliphatic heterocycles. The molecule has 0 saturated carbocycles. The molecule has 25 N–H and O–H groups in total. The molecule has 2 aromatic heterocycles. The number of carbonyl (C=O) groups is 14. The standard InChI is InChI=1S/C62H91N17O18/c1-30(52(86)69-29-48(83)73-42(19-11-13-23-64)56(90)75-45(25-36-28-68-41-18-9-7-15-38(36)41)59(93)79-51(34(5)81)60(94)74-43(62(96)97)20-21-49(84)85)70-53(87)31(2)71-54(88)32(3)72-57(91)46(26-47(66)82)76-58(92)44(24-35-27-67-40-17-8-6-14-37(35)40)77-61(95)50(33(4)80)78-55(89)39(65)16-10-12-22-63/h6-9,14-15,17-18,27-28,30-34,39,42-46,50-51,67-68,80-81H,10-13,16,19-26,29,63-65H2,1-5H3,(H2,66,82)(H,69,86)(H,70,87)(H,71,88)(H,72,91)(H,73,83)(H,74,94)(H,75,90)(H,76,92)(H,77,95)(H,78,89)(H,79,93)(H,84,85)(H,96,97)/t30-,31-,32-,33+,34+,39-,42-,43-,44-,45-,46-,50-,51-/m0/s1. The Morgan fingerprint density at radius 1 is 0.454 bits per heavy atom. The summed E-state index contributed by atoms with van der Waals surface area (Å²) in [5, 5.41) is 67.6. The number of aliphatic hydroxyl groups is 2. The number of para-hydroxylation sites is 2. The highest BCUT2D eigenvalue weighted by atomic mass is 16.4. The van der Waals surface area contributed by atoms with E-state index in [1.807, 2.05) is 0 Å². The second-order valence-electron chi connectivity index (χ2n) is 23.5. The van der Waals surface area contributed by atoms with Gasteiger partial charge in [-0.05, 0) is 109 Å². The van der Waals surface area contributed by atoms with Crippen molar-refractivity contribution in [2.45, 2.75) is 184 Å². The lowest BCUT2D eigenvalue weighted by molar-refractivity contribution is -0.144. The minimum absolute atomic E-state index is 0.0441. The summed E-state index contributed by atoms with van der Waals surface area (Å²) in [4.78, 5) is 192. The molecule has 0 unspecified atom stereocenters. The monoisotopic (exact) mass is 1360 g/mol. The Hall–Kier alpha value is -10.1. The van der Waals surface area contributed by atoms with E-state index in [-0.39, 0.29) is 38.6 Å². The van der Waals surface area contributed by atoms with E-state index in [1.54, 1.807) is 60.9 Å². The fourth-order valence-electron chi connectivity index (χ4n) is 9.94. The number of unbranched alkanes of at least 4 members (excludes halogenated alkanes) is 2. The van der Waals surface area contributed by atoms with Crippen LogP contribution in [0.25, 0.3) is 21.8 Å². The Bertz CT molecular complexity index is 3430. The normalized spacial score (nSPS) is 15.2. The fraction of sp³-hybridized carbons (Fsp3) is 0.516. The number of aliphatic hydroxyl groups excluding tert-OH is 2. The Kier molecular flexibility index (Phi) is 32.0. The first-order valence-electron chi connectivity index (χ1n) is 31.5. The molecule has 0 radical (unpaired) electrons. The molecule has 0 spiro atoms. The van der Waals surface area contributed by atoms with Crippen LogP contribution >= 0.6 is 0 Å². The molecule has 12 amide bonds. The van der Waals surface area contributed by atoms with Gasteiger partial charge >= 0.3 is 11.9 Å². The number of hydrogen-bond acceptors (Lipinski definition) is 19. The number of nitrogens with one attached hydrogen (secondary N) is 13. The largest absolute Gasteiger partial charge is 0.481 e. The van der Waals surface area contributed by atoms with E-state index in [2.05, 4.69) is 68.5 Å². The summed E-state index contributed by atoms with van der Waals surface area (Å²) in [5.41, 5.74) is 25.1. The van der Waals surface area contributed by atoms with Crippen molar-refractivity contribution in [3.8, 4) is 0 Å². The molecular formula is C62H91N17O18. The molecule has 35 heteroatoms. The van der Waals surface area contributed by atoms with Crippen LogP contribution in [0, 0.1) is 0 Å². The number of carboxylic acids is 2. The lowest BCUT2D eigenvalue weighted by atomic mass is 10.0. The van der Waals surface area contributed by atoms with Gasteiger partial charge in [-0.2, -0.15) is 0 Å². The van der Waals surface area contributed by atoms with E-state index in [4.69, 9.17) is 28.0 Å². The predicted octanol–water partition coefficient (Wildman–Crippen LogP) is -5.37. The van der Waals surface area contributed by atoms with Gasteiger partial charge < -0.3 is 112 Å². The summed E-state index contributed by atoms with van der Waals surface area (Å²) in [6.45, 7) is 5.84. The number of benzene rings is 2. The fourth-order valence-corrected chi connectivity index (χ4v) is 9.94. The molecule has 2 heterocycles. The van der Waals surface area contributed by atoms with Gasteiger partial charge in [0.1, 0.15) is 60.4 Å². The number of primary amides is 1. The van der Waals surface area contributed by atoms with E-state index in [9.17, 15) is 82.4 Å². The van der Waals surface area contributed by atoms with Gasteiger partial charge in [-0.15, -0.1) is 0 Å². The third-order valence-corrected chi connectivity index (χ3v) is 15.5. The smallest absolute Gasteiger partial charge is 0.326 e. The van der Waals surface area contributed by atoms with Crippen molar-refractivity contribution >= 4 is 105 Å². The molecule has 532 valence electrons. The van der Waals surface area contributed by atoms with Crippen LogP contribution < -0.4 is 81.4 Å². The zero-order chi connectivity index (χ0) is 72.2. The van der Waals surface area contributed by atoms with Gasteiger partial charge in [0.15, 0.2) is 0 Å². The number of rotatable bonds is 42. The van der Waals surface area contributed by atoms with Crippen LogP contribution in [0.4, 0.5) is 0 Å². The quantitative estimate of drug-likeness (QED) is 0.0184. The first kappa shape index (κ1) is 79.3. The number of aromatic nitrogens is 2. The molecule has 35 nitrogen and oxygen atoms in total. The number of amides is 12. The van der Waals surface area contributed by atoms with E-state index >= 15 is 0 Å². The number of aliphatic carboxylic acids is 2.